The van der Waals surface area contributed by atoms with E-state index < -0.39 is 0 Å². The fraction of sp³-hybridized carbons (Fsp3) is 0.409. The van der Waals surface area contributed by atoms with Crippen LogP contribution in [0.25, 0.3) is 0 Å². The summed E-state index contributed by atoms with van der Waals surface area (Å²) in [5.74, 6) is 6.49. The second kappa shape index (κ2) is 7.39. The van der Waals surface area contributed by atoms with Gasteiger partial charge in [0.1, 0.15) is 0 Å². The lowest BCUT2D eigenvalue weighted by Crippen LogP contribution is -2.49. The Morgan fingerprint density at radius 3 is 2.88 bits per heavy atom. The van der Waals surface area contributed by atoms with E-state index in [4.69, 9.17) is 9.72 Å². The molecule has 0 saturated carbocycles. The van der Waals surface area contributed by atoms with Crippen LogP contribution in [0.5, 0.6) is 0 Å². The summed E-state index contributed by atoms with van der Waals surface area (Å²) in [5.41, 5.74) is 4.43. The number of ether oxygens (including phenoxy) is 1. The third-order valence-corrected chi connectivity index (χ3v) is 5.12. The van der Waals surface area contributed by atoms with Gasteiger partial charge in [0.05, 0.1) is 12.7 Å². The molecule has 2 aromatic rings. The van der Waals surface area contributed by atoms with Crippen molar-refractivity contribution in [3.63, 3.8) is 0 Å². The number of rotatable bonds is 2. The molecule has 25 heavy (non-hydrogen) atoms. The fourth-order valence-corrected chi connectivity index (χ4v) is 3.95. The smallest absolute Gasteiger partial charge is 0.0998 e. The average Bonchev–Trinajstić information content (AvgIpc) is 2.67. The van der Waals surface area contributed by atoms with Crippen LogP contribution in [-0.4, -0.2) is 35.6 Å². The second-order valence-corrected chi connectivity index (χ2v) is 6.81. The summed E-state index contributed by atoms with van der Waals surface area (Å²) in [6.45, 7) is 5.26. The van der Waals surface area contributed by atoms with Crippen molar-refractivity contribution in [1.29, 1.82) is 0 Å². The molecule has 3 nitrogen and oxygen atoms in total. The molecule has 2 aliphatic rings. The summed E-state index contributed by atoms with van der Waals surface area (Å²) in [5, 5.41) is 0. The maximum absolute atomic E-state index is 6.17. The molecular weight excluding hydrogens is 308 g/mol. The van der Waals surface area contributed by atoms with E-state index in [1.807, 2.05) is 36.5 Å². The highest BCUT2D eigenvalue weighted by molar-refractivity contribution is 5.44. The van der Waals surface area contributed by atoms with Gasteiger partial charge in [0.15, 0.2) is 0 Å². The maximum atomic E-state index is 6.17. The van der Waals surface area contributed by atoms with E-state index in [-0.39, 0.29) is 6.10 Å². The van der Waals surface area contributed by atoms with Gasteiger partial charge in [-0.25, -0.2) is 0 Å². The van der Waals surface area contributed by atoms with Gasteiger partial charge in [-0.3, -0.25) is 9.88 Å². The minimum Gasteiger partial charge on any atom is -0.370 e. The first-order valence-electron chi connectivity index (χ1n) is 9.26. The van der Waals surface area contributed by atoms with Crippen molar-refractivity contribution in [2.75, 3.05) is 19.7 Å². The summed E-state index contributed by atoms with van der Waals surface area (Å²) in [4.78, 5) is 7.29. The Morgan fingerprint density at radius 2 is 2.04 bits per heavy atom. The predicted octanol–water partition coefficient (Wildman–Crippen LogP) is 3.58. The zero-order valence-electron chi connectivity index (χ0n) is 14.7. The Balaban J connectivity index is 1.62. The Bertz CT molecular complexity index is 789. The van der Waals surface area contributed by atoms with Crippen LogP contribution in [0.1, 0.15) is 48.3 Å². The highest BCUT2D eigenvalue weighted by atomic mass is 16.5. The average molecular weight is 332 g/mol. The standard InChI is InChI=1S/C22H24N2O/c1-2-12-24-13-14-25-22-19-15-18(9-8-17-6-4-3-5-7-17)16-23-20(19)10-11-21(22)24/h3-7,15-16,21-22H,2,10-14H2,1H3/t21-,22-/m1/s1. The molecule has 3 heteroatoms. The normalized spacial score (nSPS) is 22.4. The third kappa shape index (κ3) is 3.46. The number of morpholine rings is 1. The SMILES string of the molecule is CCCN1CCO[C@@H]2c3cc(C#Cc4ccccc4)cnc3CC[C@H]21. The molecule has 0 N–H and O–H groups in total. The summed E-state index contributed by atoms with van der Waals surface area (Å²) in [6, 6.07) is 12.8. The number of aromatic nitrogens is 1. The fourth-order valence-electron chi connectivity index (χ4n) is 3.95. The highest BCUT2D eigenvalue weighted by Gasteiger charge is 2.37. The van der Waals surface area contributed by atoms with Gasteiger partial charge in [-0.15, -0.1) is 0 Å². The van der Waals surface area contributed by atoms with E-state index in [0.29, 0.717) is 6.04 Å². The lowest BCUT2D eigenvalue weighted by atomic mass is 9.86. The van der Waals surface area contributed by atoms with E-state index in [0.717, 1.165) is 43.7 Å². The van der Waals surface area contributed by atoms with Crippen LogP contribution in [-0.2, 0) is 11.2 Å². The molecule has 0 amide bonds. The van der Waals surface area contributed by atoms with E-state index in [1.165, 1.54) is 17.7 Å². The van der Waals surface area contributed by atoms with Crippen LogP contribution in [0, 0.1) is 11.8 Å². The van der Waals surface area contributed by atoms with Gasteiger partial charge in [0.25, 0.3) is 0 Å². The highest BCUT2D eigenvalue weighted by Crippen LogP contribution is 2.37. The first-order chi connectivity index (χ1) is 12.3. The maximum Gasteiger partial charge on any atom is 0.0998 e. The number of hydrogen-bond acceptors (Lipinski definition) is 3. The molecule has 4 rings (SSSR count). The van der Waals surface area contributed by atoms with Crippen molar-refractivity contribution < 1.29 is 4.74 Å². The second-order valence-electron chi connectivity index (χ2n) is 6.81. The van der Waals surface area contributed by atoms with Gasteiger partial charge in [-0.05, 0) is 44.0 Å². The number of pyridine rings is 1. The van der Waals surface area contributed by atoms with Crippen molar-refractivity contribution >= 4 is 0 Å². The van der Waals surface area contributed by atoms with Gasteiger partial charge in [-0.2, -0.15) is 0 Å². The topological polar surface area (TPSA) is 25.4 Å². The molecule has 1 saturated heterocycles. The first-order valence-corrected chi connectivity index (χ1v) is 9.26. The summed E-state index contributed by atoms with van der Waals surface area (Å²) < 4.78 is 6.17. The number of nitrogens with zero attached hydrogens (tertiary/aromatic N) is 2. The Morgan fingerprint density at radius 1 is 1.20 bits per heavy atom. The van der Waals surface area contributed by atoms with E-state index in [9.17, 15) is 0 Å². The van der Waals surface area contributed by atoms with Gasteiger partial charge < -0.3 is 4.74 Å². The molecular formula is C22H24N2O. The number of aryl methyl sites for hydroxylation is 1. The van der Waals surface area contributed by atoms with Gasteiger partial charge in [0, 0.05) is 41.2 Å². The molecule has 1 aliphatic carbocycles. The van der Waals surface area contributed by atoms with Crippen molar-refractivity contribution in [1.82, 2.24) is 9.88 Å². The van der Waals surface area contributed by atoms with E-state index in [1.54, 1.807) is 0 Å². The Labute approximate surface area is 150 Å². The molecule has 0 bridgehead atoms. The van der Waals surface area contributed by atoms with Gasteiger partial charge in [0.2, 0.25) is 0 Å². The minimum atomic E-state index is 0.148. The molecule has 1 aromatic heterocycles. The molecule has 0 unspecified atom stereocenters. The minimum absolute atomic E-state index is 0.148. The zero-order valence-corrected chi connectivity index (χ0v) is 14.7. The molecule has 128 valence electrons. The Kier molecular flexibility index (Phi) is 4.83. The lowest BCUT2D eigenvalue weighted by Gasteiger charge is -2.44. The van der Waals surface area contributed by atoms with E-state index >= 15 is 0 Å². The van der Waals surface area contributed by atoms with Gasteiger partial charge >= 0.3 is 0 Å². The number of hydrogen-bond donors (Lipinski definition) is 0. The van der Waals surface area contributed by atoms with Crippen molar-refractivity contribution in [3.05, 3.63) is 65.0 Å². The zero-order chi connectivity index (χ0) is 17.1. The monoisotopic (exact) mass is 332 g/mol. The molecule has 2 heterocycles. The van der Waals surface area contributed by atoms with Crippen LogP contribution in [0.15, 0.2) is 42.6 Å². The van der Waals surface area contributed by atoms with Crippen molar-refractivity contribution in [2.24, 2.45) is 0 Å². The predicted molar refractivity (Wildman–Crippen MR) is 99.3 cm³/mol. The van der Waals surface area contributed by atoms with E-state index in [2.05, 4.69) is 29.7 Å². The third-order valence-electron chi connectivity index (χ3n) is 5.12. The first kappa shape index (κ1) is 16.3. The van der Waals surface area contributed by atoms with Crippen LogP contribution < -0.4 is 0 Å². The van der Waals surface area contributed by atoms with Crippen LogP contribution in [0.2, 0.25) is 0 Å². The number of benzene rings is 1. The molecule has 0 spiro atoms. The van der Waals surface area contributed by atoms with Crippen molar-refractivity contribution in [2.45, 2.75) is 38.3 Å². The van der Waals surface area contributed by atoms with Crippen LogP contribution >= 0.6 is 0 Å². The molecule has 2 atom stereocenters. The van der Waals surface area contributed by atoms with Crippen molar-refractivity contribution in [3.8, 4) is 11.8 Å². The summed E-state index contributed by atoms with van der Waals surface area (Å²) in [6.07, 6.45) is 5.42. The summed E-state index contributed by atoms with van der Waals surface area (Å²) in [7, 11) is 0. The molecule has 1 fully saturated rings. The van der Waals surface area contributed by atoms with Gasteiger partial charge in [-0.1, -0.05) is 37.0 Å². The molecule has 0 radical (unpaired) electrons. The van der Waals surface area contributed by atoms with Crippen LogP contribution in [0.3, 0.4) is 0 Å². The number of fused-ring (bicyclic) bond motifs is 3. The quantitative estimate of drug-likeness (QED) is 0.786. The summed E-state index contributed by atoms with van der Waals surface area (Å²) >= 11 is 0. The molecule has 1 aliphatic heterocycles. The largest absolute Gasteiger partial charge is 0.370 e. The molecule has 1 aromatic carbocycles. The van der Waals surface area contributed by atoms with Crippen LogP contribution in [0.4, 0.5) is 0 Å². The Hall–Kier alpha value is -2.15. The lowest BCUT2D eigenvalue weighted by molar-refractivity contribution is -0.0805.